The second-order valence-electron chi connectivity index (χ2n) is 4.64. The third kappa shape index (κ3) is 3.16. The Bertz CT molecular complexity index is 462. The minimum Gasteiger partial charge on any atom is -0.392 e. The monoisotopic (exact) mass is 244 g/mol. The third-order valence-corrected chi connectivity index (χ3v) is 3.18. The number of hydrogen-bond donors (Lipinski definition) is 1. The number of β-amino-alcohol motifs (C(OH)–C–C–N with tert-alkyl or cyclic N) is 1. The van der Waals surface area contributed by atoms with E-state index in [1.165, 1.54) is 0 Å². The molecule has 1 aromatic rings. The first kappa shape index (κ1) is 12.7. The number of piperidine rings is 1. The van der Waals surface area contributed by atoms with E-state index >= 15 is 0 Å². The van der Waals surface area contributed by atoms with E-state index in [4.69, 9.17) is 5.26 Å². The molecule has 1 heterocycles. The summed E-state index contributed by atoms with van der Waals surface area (Å²) in [5.74, 6) is 0.0357. The van der Waals surface area contributed by atoms with Crippen LogP contribution in [0.4, 0.5) is 0 Å². The van der Waals surface area contributed by atoms with Gasteiger partial charge in [0.25, 0.3) is 0 Å². The molecule has 18 heavy (non-hydrogen) atoms. The number of aliphatic hydroxyl groups is 1. The summed E-state index contributed by atoms with van der Waals surface area (Å²) in [6.45, 7) is 1.77. The molecule has 1 saturated heterocycles. The Balaban J connectivity index is 1.96. The van der Waals surface area contributed by atoms with Crippen LogP contribution < -0.4 is 0 Å². The van der Waals surface area contributed by atoms with Gasteiger partial charge in [-0.2, -0.15) is 5.26 Å². The van der Waals surface area contributed by atoms with Crippen molar-refractivity contribution in [3.05, 3.63) is 35.4 Å². The number of rotatable bonds is 3. The summed E-state index contributed by atoms with van der Waals surface area (Å²) < 4.78 is 0. The number of carbonyl (C=O) groups is 1. The molecular formula is C14H16N2O2. The van der Waals surface area contributed by atoms with Gasteiger partial charge in [-0.3, -0.25) is 9.69 Å². The van der Waals surface area contributed by atoms with Crippen LogP contribution in [0, 0.1) is 11.3 Å². The van der Waals surface area contributed by atoms with Gasteiger partial charge in [-0.25, -0.2) is 0 Å². The topological polar surface area (TPSA) is 64.3 Å². The van der Waals surface area contributed by atoms with Crippen molar-refractivity contribution in [3.8, 4) is 6.07 Å². The van der Waals surface area contributed by atoms with Crippen LogP contribution in [0.25, 0.3) is 0 Å². The Labute approximate surface area is 106 Å². The fraction of sp³-hybridized carbons (Fsp3) is 0.429. The molecule has 2 rings (SSSR count). The van der Waals surface area contributed by atoms with Crippen molar-refractivity contribution in [2.24, 2.45) is 0 Å². The molecule has 0 saturated carbocycles. The van der Waals surface area contributed by atoms with Gasteiger partial charge in [-0.15, -0.1) is 0 Å². The SMILES string of the molecule is N#Cc1ccc(C(=O)CN2CCCC(O)C2)cc1. The van der Waals surface area contributed by atoms with Gasteiger partial charge in [0.15, 0.2) is 5.78 Å². The molecule has 1 aliphatic heterocycles. The normalized spacial score (nSPS) is 20.3. The highest BCUT2D eigenvalue weighted by molar-refractivity contribution is 5.97. The summed E-state index contributed by atoms with van der Waals surface area (Å²) in [6.07, 6.45) is 1.44. The second-order valence-corrected chi connectivity index (χ2v) is 4.64. The molecule has 0 spiro atoms. The summed E-state index contributed by atoms with van der Waals surface area (Å²) in [5, 5.41) is 18.2. The summed E-state index contributed by atoms with van der Waals surface area (Å²) in [4.78, 5) is 14.0. The molecule has 1 fully saturated rings. The molecule has 1 unspecified atom stereocenters. The van der Waals surface area contributed by atoms with E-state index in [-0.39, 0.29) is 11.9 Å². The maximum atomic E-state index is 12.0. The van der Waals surface area contributed by atoms with E-state index in [2.05, 4.69) is 0 Å². The zero-order valence-corrected chi connectivity index (χ0v) is 10.2. The highest BCUT2D eigenvalue weighted by Crippen LogP contribution is 2.11. The Morgan fingerprint density at radius 1 is 1.44 bits per heavy atom. The molecule has 0 bridgehead atoms. The average Bonchev–Trinajstić information content (AvgIpc) is 2.39. The van der Waals surface area contributed by atoms with E-state index < -0.39 is 0 Å². The zero-order valence-electron chi connectivity index (χ0n) is 10.2. The van der Waals surface area contributed by atoms with Crippen LogP contribution in [0.2, 0.25) is 0 Å². The number of Topliss-reactive ketones (excluding diaryl/α,β-unsaturated/α-hetero) is 1. The fourth-order valence-corrected chi connectivity index (χ4v) is 2.20. The number of nitriles is 1. The van der Waals surface area contributed by atoms with Crippen LogP contribution in [0.15, 0.2) is 24.3 Å². The Hall–Kier alpha value is -1.70. The van der Waals surface area contributed by atoms with Crippen molar-refractivity contribution in [1.82, 2.24) is 4.90 Å². The molecule has 4 heteroatoms. The van der Waals surface area contributed by atoms with Crippen molar-refractivity contribution in [3.63, 3.8) is 0 Å². The highest BCUT2D eigenvalue weighted by atomic mass is 16.3. The van der Waals surface area contributed by atoms with Crippen LogP contribution in [0.5, 0.6) is 0 Å². The van der Waals surface area contributed by atoms with Gasteiger partial charge in [0.2, 0.25) is 0 Å². The van der Waals surface area contributed by atoms with Crippen LogP contribution in [-0.2, 0) is 0 Å². The molecule has 4 nitrogen and oxygen atoms in total. The molecule has 0 aromatic heterocycles. The van der Waals surface area contributed by atoms with E-state index in [1.54, 1.807) is 24.3 Å². The maximum absolute atomic E-state index is 12.0. The summed E-state index contributed by atoms with van der Waals surface area (Å²) in [5.41, 5.74) is 1.18. The van der Waals surface area contributed by atoms with Gasteiger partial charge >= 0.3 is 0 Å². The van der Waals surface area contributed by atoms with Crippen LogP contribution in [0.1, 0.15) is 28.8 Å². The number of aliphatic hydroxyl groups excluding tert-OH is 1. The predicted molar refractivity (Wildman–Crippen MR) is 67.2 cm³/mol. The largest absolute Gasteiger partial charge is 0.392 e. The van der Waals surface area contributed by atoms with Crippen molar-refractivity contribution >= 4 is 5.78 Å². The minimum absolute atomic E-state index is 0.0357. The maximum Gasteiger partial charge on any atom is 0.176 e. The van der Waals surface area contributed by atoms with E-state index in [0.717, 1.165) is 19.4 Å². The van der Waals surface area contributed by atoms with Gasteiger partial charge in [0.1, 0.15) is 0 Å². The minimum atomic E-state index is -0.312. The lowest BCUT2D eigenvalue weighted by Gasteiger charge is -2.29. The fourth-order valence-electron chi connectivity index (χ4n) is 2.20. The molecule has 0 radical (unpaired) electrons. The first-order chi connectivity index (χ1) is 8.69. The first-order valence-corrected chi connectivity index (χ1v) is 6.13. The third-order valence-electron chi connectivity index (χ3n) is 3.18. The Morgan fingerprint density at radius 3 is 2.78 bits per heavy atom. The number of ketones is 1. The lowest BCUT2D eigenvalue weighted by Crippen LogP contribution is -2.41. The number of hydrogen-bond acceptors (Lipinski definition) is 4. The van der Waals surface area contributed by atoms with Crippen molar-refractivity contribution in [2.45, 2.75) is 18.9 Å². The number of likely N-dealkylation sites (tertiary alicyclic amines) is 1. The first-order valence-electron chi connectivity index (χ1n) is 6.13. The molecule has 1 atom stereocenters. The molecular weight excluding hydrogens is 228 g/mol. The quantitative estimate of drug-likeness (QED) is 0.811. The molecule has 1 N–H and O–H groups in total. The molecule has 1 aromatic carbocycles. The Morgan fingerprint density at radius 2 is 2.17 bits per heavy atom. The average molecular weight is 244 g/mol. The molecule has 0 amide bonds. The van der Waals surface area contributed by atoms with Gasteiger partial charge in [0, 0.05) is 12.1 Å². The summed E-state index contributed by atoms with van der Waals surface area (Å²) >= 11 is 0. The lowest BCUT2D eigenvalue weighted by atomic mass is 10.1. The van der Waals surface area contributed by atoms with Gasteiger partial charge in [0.05, 0.1) is 24.3 Å². The van der Waals surface area contributed by atoms with Gasteiger partial charge in [-0.1, -0.05) is 12.1 Å². The van der Waals surface area contributed by atoms with Crippen LogP contribution >= 0.6 is 0 Å². The van der Waals surface area contributed by atoms with E-state index in [0.29, 0.717) is 24.2 Å². The van der Waals surface area contributed by atoms with E-state index in [9.17, 15) is 9.90 Å². The predicted octanol–water partition coefficient (Wildman–Crippen LogP) is 1.20. The zero-order chi connectivity index (χ0) is 13.0. The van der Waals surface area contributed by atoms with Crippen LogP contribution in [0.3, 0.4) is 0 Å². The van der Waals surface area contributed by atoms with Gasteiger partial charge in [-0.05, 0) is 31.5 Å². The van der Waals surface area contributed by atoms with Crippen molar-refractivity contribution in [2.75, 3.05) is 19.6 Å². The van der Waals surface area contributed by atoms with Crippen molar-refractivity contribution < 1.29 is 9.90 Å². The summed E-state index contributed by atoms with van der Waals surface area (Å²) in [7, 11) is 0. The lowest BCUT2D eigenvalue weighted by molar-refractivity contribution is 0.0634. The van der Waals surface area contributed by atoms with Crippen LogP contribution in [-0.4, -0.2) is 41.5 Å². The standard InChI is InChI=1S/C14H16N2O2/c15-8-11-3-5-12(6-4-11)14(18)10-16-7-1-2-13(17)9-16/h3-6,13,17H,1-2,7,9-10H2. The smallest absolute Gasteiger partial charge is 0.176 e. The number of benzene rings is 1. The second kappa shape index (κ2) is 5.76. The Kier molecular flexibility index (Phi) is 4.08. The highest BCUT2D eigenvalue weighted by Gasteiger charge is 2.20. The van der Waals surface area contributed by atoms with Crippen molar-refractivity contribution in [1.29, 1.82) is 5.26 Å². The molecule has 94 valence electrons. The number of carbonyl (C=O) groups excluding carboxylic acids is 1. The van der Waals surface area contributed by atoms with E-state index in [1.807, 2.05) is 11.0 Å². The molecule has 1 aliphatic rings. The molecule has 0 aliphatic carbocycles. The summed E-state index contributed by atoms with van der Waals surface area (Å²) in [6, 6.07) is 8.69. The number of nitrogens with zero attached hydrogens (tertiary/aromatic N) is 2. The van der Waals surface area contributed by atoms with Gasteiger partial charge < -0.3 is 5.11 Å².